The number of carbonyl (C=O) groups excluding carboxylic acids is 1. The molecular weight excluding hydrogens is 230 g/mol. The molecule has 0 saturated heterocycles. The molecule has 0 bridgehead atoms. The average molecular weight is 243 g/mol. The third-order valence-corrected chi connectivity index (χ3v) is 1.98. The van der Waals surface area contributed by atoms with Crippen molar-refractivity contribution in [1.82, 2.24) is 4.98 Å². The lowest BCUT2D eigenvalue weighted by atomic mass is 10.1. The summed E-state index contributed by atoms with van der Waals surface area (Å²) in [5.41, 5.74) is 0.00377. The van der Waals surface area contributed by atoms with Gasteiger partial charge in [0.2, 0.25) is 0 Å². The van der Waals surface area contributed by atoms with E-state index in [4.69, 9.17) is 15.3 Å². The predicted molar refractivity (Wildman–Crippen MR) is 63.2 cm³/mol. The molecule has 1 aromatic heterocycles. The van der Waals surface area contributed by atoms with Crippen LogP contribution in [0.25, 0.3) is 0 Å². The minimum atomic E-state index is -1.07. The number of carbonyl (C=O) groups is 1. The molecule has 0 spiro atoms. The molecule has 18 heavy (non-hydrogen) atoms. The van der Waals surface area contributed by atoms with Gasteiger partial charge in [0.25, 0.3) is 0 Å². The average Bonchev–Trinajstić information content (AvgIpc) is 2.28. The van der Waals surface area contributed by atoms with Crippen LogP contribution in [0.5, 0.6) is 0 Å². The van der Waals surface area contributed by atoms with Gasteiger partial charge in [-0.2, -0.15) is 10.5 Å². The standard InChI is InChI=1S/C13H13N3O2/c1-13(2,3)18-12(17)10(7-15)11-5-4-9(6-14)8-16-11/h4-5,8,10H,1-3H3. The number of nitriles is 2. The van der Waals surface area contributed by atoms with Gasteiger partial charge in [-0.3, -0.25) is 9.78 Å². The minimum Gasteiger partial charge on any atom is -0.459 e. The molecule has 1 unspecified atom stereocenters. The zero-order valence-corrected chi connectivity index (χ0v) is 10.5. The third-order valence-electron chi connectivity index (χ3n) is 1.98. The first kappa shape index (κ1) is 13.7. The molecule has 0 aromatic carbocycles. The van der Waals surface area contributed by atoms with E-state index < -0.39 is 17.5 Å². The Morgan fingerprint density at radius 2 is 2.06 bits per heavy atom. The van der Waals surface area contributed by atoms with E-state index >= 15 is 0 Å². The number of pyridine rings is 1. The van der Waals surface area contributed by atoms with E-state index in [1.165, 1.54) is 18.3 Å². The lowest BCUT2D eigenvalue weighted by Crippen LogP contribution is -2.27. The van der Waals surface area contributed by atoms with Crippen molar-refractivity contribution < 1.29 is 9.53 Å². The summed E-state index contributed by atoms with van der Waals surface area (Å²) in [6.45, 7) is 5.18. The minimum absolute atomic E-state index is 0.283. The van der Waals surface area contributed by atoms with Crippen molar-refractivity contribution in [3.05, 3.63) is 29.6 Å². The van der Waals surface area contributed by atoms with Crippen LogP contribution in [0.1, 0.15) is 37.9 Å². The lowest BCUT2D eigenvalue weighted by Gasteiger charge is -2.21. The summed E-state index contributed by atoms with van der Waals surface area (Å²) >= 11 is 0. The van der Waals surface area contributed by atoms with Crippen molar-refractivity contribution >= 4 is 5.97 Å². The van der Waals surface area contributed by atoms with E-state index in [0.717, 1.165) is 0 Å². The maximum absolute atomic E-state index is 11.8. The highest BCUT2D eigenvalue weighted by molar-refractivity contribution is 5.81. The monoisotopic (exact) mass is 243 g/mol. The zero-order chi connectivity index (χ0) is 13.8. The smallest absolute Gasteiger partial charge is 0.330 e. The first-order chi connectivity index (χ1) is 8.37. The van der Waals surface area contributed by atoms with Crippen LogP contribution in [0.15, 0.2) is 18.3 Å². The molecule has 1 aromatic rings. The Bertz CT molecular complexity index is 515. The molecule has 1 atom stereocenters. The van der Waals surface area contributed by atoms with Crippen molar-refractivity contribution in [3.63, 3.8) is 0 Å². The summed E-state index contributed by atoms with van der Waals surface area (Å²) < 4.78 is 5.14. The summed E-state index contributed by atoms with van der Waals surface area (Å²) in [7, 11) is 0. The molecule has 1 rings (SSSR count). The summed E-state index contributed by atoms with van der Waals surface area (Å²) in [5.74, 6) is -1.71. The van der Waals surface area contributed by atoms with Crippen molar-refractivity contribution in [2.45, 2.75) is 32.3 Å². The number of aromatic nitrogens is 1. The molecule has 0 aliphatic carbocycles. The Labute approximate surface area is 106 Å². The second kappa shape index (κ2) is 5.29. The topological polar surface area (TPSA) is 86.8 Å². The molecule has 0 radical (unpaired) electrons. The molecular formula is C13H13N3O2. The molecule has 0 saturated carbocycles. The Morgan fingerprint density at radius 1 is 1.39 bits per heavy atom. The van der Waals surface area contributed by atoms with Gasteiger partial charge in [-0.1, -0.05) is 0 Å². The first-order valence-corrected chi connectivity index (χ1v) is 5.36. The van der Waals surface area contributed by atoms with Gasteiger partial charge < -0.3 is 4.74 Å². The zero-order valence-electron chi connectivity index (χ0n) is 10.5. The van der Waals surface area contributed by atoms with Crippen LogP contribution >= 0.6 is 0 Å². The molecule has 0 N–H and O–H groups in total. The Hall–Kier alpha value is -2.40. The number of ether oxygens (including phenoxy) is 1. The van der Waals surface area contributed by atoms with E-state index in [1.54, 1.807) is 20.8 Å². The summed E-state index contributed by atoms with van der Waals surface area (Å²) in [6, 6.07) is 6.77. The van der Waals surface area contributed by atoms with Gasteiger partial charge in [0.15, 0.2) is 5.92 Å². The number of hydrogen-bond acceptors (Lipinski definition) is 5. The normalized spacial score (nSPS) is 12.1. The van der Waals surface area contributed by atoms with E-state index in [2.05, 4.69) is 4.98 Å². The highest BCUT2D eigenvalue weighted by Gasteiger charge is 2.27. The lowest BCUT2D eigenvalue weighted by molar-refractivity contribution is -0.155. The number of esters is 1. The van der Waals surface area contributed by atoms with Gasteiger partial charge in [-0.05, 0) is 32.9 Å². The maximum atomic E-state index is 11.8. The van der Waals surface area contributed by atoms with Crippen LogP contribution in [0.4, 0.5) is 0 Å². The molecule has 0 aliphatic heterocycles. The van der Waals surface area contributed by atoms with Gasteiger partial charge in [-0.25, -0.2) is 0 Å². The van der Waals surface area contributed by atoms with Crippen LogP contribution in [0, 0.1) is 22.7 Å². The summed E-state index contributed by atoms with van der Waals surface area (Å²) in [6.07, 6.45) is 1.32. The fourth-order valence-electron chi connectivity index (χ4n) is 1.24. The fraction of sp³-hybridized carbons (Fsp3) is 0.385. The molecule has 0 aliphatic rings. The van der Waals surface area contributed by atoms with Crippen molar-refractivity contribution in [2.24, 2.45) is 0 Å². The molecule has 0 amide bonds. The summed E-state index contributed by atoms with van der Waals surface area (Å²) in [4.78, 5) is 15.7. The first-order valence-electron chi connectivity index (χ1n) is 5.36. The van der Waals surface area contributed by atoms with E-state index in [1.807, 2.05) is 12.1 Å². The van der Waals surface area contributed by atoms with Crippen LogP contribution in [0.2, 0.25) is 0 Å². The van der Waals surface area contributed by atoms with Crippen molar-refractivity contribution in [1.29, 1.82) is 10.5 Å². The van der Waals surface area contributed by atoms with Crippen LogP contribution in [0.3, 0.4) is 0 Å². The highest BCUT2D eigenvalue weighted by Crippen LogP contribution is 2.18. The molecule has 1 heterocycles. The van der Waals surface area contributed by atoms with Gasteiger partial charge in [0, 0.05) is 6.20 Å². The van der Waals surface area contributed by atoms with Gasteiger partial charge in [-0.15, -0.1) is 0 Å². The largest absolute Gasteiger partial charge is 0.459 e. The molecule has 92 valence electrons. The Kier molecular flexibility index (Phi) is 4.01. The van der Waals surface area contributed by atoms with Gasteiger partial charge in [0.1, 0.15) is 11.7 Å². The van der Waals surface area contributed by atoms with E-state index in [-0.39, 0.29) is 5.69 Å². The third kappa shape index (κ3) is 3.57. The second-order valence-electron chi connectivity index (χ2n) is 4.68. The summed E-state index contributed by atoms with van der Waals surface area (Å²) in [5, 5.41) is 17.7. The SMILES string of the molecule is CC(C)(C)OC(=O)C(C#N)c1ccc(C#N)cn1. The predicted octanol–water partition coefficient (Wildman–Crippen LogP) is 1.90. The molecule has 0 fully saturated rings. The fourth-order valence-corrected chi connectivity index (χ4v) is 1.24. The quantitative estimate of drug-likeness (QED) is 0.740. The second-order valence-corrected chi connectivity index (χ2v) is 4.68. The van der Waals surface area contributed by atoms with Crippen LogP contribution < -0.4 is 0 Å². The van der Waals surface area contributed by atoms with Crippen LogP contribution in [-0.4, -0.2) is 16.6 Å². The Morgan fingerprint density at radius 3 is 2.44 bits per heavy atom. The number of hydrogen-bond donors (Lipinski definition) is 0. The number of rotatable bonds is 2. The highest BCUT2D eigenvalue weighted by atomic mass is 16.6. The van der Waals surface area contributed by atoms with E-state index in [9.17, 15) is 4.79 Å². The Balaban J connectivity index is 2.94. The number of nitrogens with zero attached hydrogens (tertiary/aromatic N) is 3. The van der Waals surface area contributed by atoms with Gasteiger partial charge in [0.05, 0.1) is 17.3 Å². The van der Waals surface area contributed by atoms with Crippen molar-refractivity contribution in [3.8, 4) is 12.1 Å². The maximum Gasteiger partial charge on any atom is 0.330 e. The van der Waals surface area contributed by atoms with Crippen LogP contribution in [-0.2, 0) is 9.53 Å². The van der Waals surface area contributed by atoms with E-state index in [0.29, 0.717) is 5.56 Å². The molecule has 5 heteroatoms. The van der Waals surface area contributed by atoms with Gasteiger partial charge >= 0.3 is 5.97 Å². The molecule has 5 nitrogen and oxygen atoms in total. The van der Waals surface area contributed by atoms with Crippen molar-refractivity contribution in [2.75, 3.05) is 0 Å².